The Bertz CT molecular complexity index is 250. The van der Waals surface area contributed by atoms with Crippen molar-refractivity contribution in [2.24, 2.45) is 17.3 Å². The van der Waals surface area contributed by atoms with Crippen molar-refractivity contribution in [1.82, 2.24) is 5.32 Å². The summed E-state index contributed by atoms with van der Waals surface area (Å²) in [7, 11) is 0. The number of nitrogens with one attached hydrogen (secondary N) is 1. The third-order valence-corrected chi connectivity index (χ3v) is 2.88. The van der Waals surface area contributed by atoms with E-state index in [2.05, 4.69) is 46.9 Å². The third-order valence-electron chi connectivity index (χ3n) is 2.88. The average Bonchev–Trinajstić information content (AvgIpc) is 2.58. The summed E-state index contributed by atoms with van der Waals surface area (Å²) >= 11 is 0. The maximum absolute atomic E-state index is 11.8. The van der Waals surface area contributed by atoms with Gasteiger partial charge >= 0.3 is 0 Å². The first-order valence-electron chi connectivity index (χ1n) is 5.93. The van der Waals surface area contributed by atoms with Crippen molar-refractivity contribution in [3.05, 3.63) is 0 Å². The van der Waals surface area contributed by atoms with Crippen LogP contribution in [0.4, 0.5) is 0 Å². The van der Waals surface area contributed by atoms with Crippen LogP contribution in [0.1, 0.15) is 54.4 Å². The standard InChI is InChI=1S/C13H25NO/c1-9-7-10(9)11(15)14-13(5,6)8-12(2,3)4/h9-10H,7-8H2,1-6H3,(H,14,15). The summed E-state index contributed by atoms with van der Waals surface area (Å²) in [5.74, 6) is 1.12. The zero-order chi connectivity index (χ0) is 11.9. The van der Waals surface area contributed by atoms with Gasteiger partial charge in [0.05, 0.1) is 0 Å². The summed E-state index contributed by atoms with van der Waals surface area (Å²) in [4.78, 5) is 11.8. The minimum absolute atomic E-state index is 0.0857. The molecule has 15 heavy (non-hydrogen) atoms. The minimum atomic E-state index is -0.0857. The Morgan fingerprint density at radius 1 is 1.27 bits per heavy atom. The van der Waals surface area contributed by atoms with Crippen molar-refractivity contribution in [2.75, 3.05) is 0 Å². The zero-order valence-corrected chi connectivity index (χ0v) is 11.0. The van der Waals surface area contributed by atoms with Gasteiger partial charge in [0.25, 0.3) is 0 Å². The second-order valence-electron chi connectivity index (χ2n) is 6.93. The molecule has 0 bridgehead atoms. The lowest BCUT2D eigenvalue weighted by molar-refractivity contribution is -0.124. The first kappa shape index (κ1) is 12.5. The van der Waals surface area contributed by atoms with Crippen LogP contribution >= 0.6 is 0 Å². The van der Waals surface area contributed by atoms with Gasteiger partial charge in [0.2, 0.25) is 5.91 Å². The molecule has 0 aromatic carbocycles. The molecule has 1 aliphatic rings. The monoisotopic (exact) mass is 211 g/mol. The fourth-order valence-corrected chi connectivity index (χ4v) is 2.48. The Labute approximate surface area is 93.8 Å². The van der Waals surface area contributed by atoms with E-state index in [0.29, 0.717) is 5.92 Å². The van der Waals surface area contributed by atoms with Crippen molar-refractivity contribution < 1.29 is 4.79 Å². The molecule has 1 amide bonds. The predicted octanol–water partition coefficient (Wildman–Crippen LogP) is 2.97. The van der Waals surface area contributed by atoms with Gasteiger partial charge in [-0.25, -0.2) is 0 Å². The van der Waals surface area contributed by atoms with E-state index in [1.807, 2.05) is 0 Å². The number of rotatable bonds is 3. The second-order valence-corrected chi connectivity index (χ2v) is 6.93. The molecule has 1 rings (SSSR count). The van der Waals surface area contributed by atoms with Gasteiger partial charge in [-0.3, -0.25) is 4.79 Å². The second kappa shape index (κ2) is 3.80. The molecule has 0 spiro atoms. The van der Waals surface area contributed by atoms with Crippen LogP contribution in [0.2, 0.25) is 0 Å². The summed E-state index contributed by atoms with van der Waals surface area (Å²) < 4.78 is 0. The number of carbonyl (C=O) groups is 1. The zero-order valence-electron chi connectivity index (χ0n) is 11.0. The molecule has 0 heterocycles. The first-order chi connectivity index (χ1) is 6.61. The number of amides is 1. The fraction of sp³-hybridized carbons (Fsp3) is 0.923. The minimum Gasteiger partial charge on any atom is -0.351 e. The SMILES string of the molecule is CC1CC1C(=O)NC(C)(C)CC(C)(C)C. The lowest BCUT2D eigenvalue weighted by Gasteiger charge is -2.33. The largest absolute Gasteiger partial charge is 0.351 e. The summed E-state index contributed by atoms with van der Waals surface area (Å²) in [5.41, 5.74) is 0.170. The van der Waals surface area contributed by atoms with E-state index in [1.165, 1.54) is 0 Å². The summed E-state index contributed by atoms with van der Waals surface area (Å²) in [6.07, 6.45) is 2.07. The Hall–Kier alpha value is -0.530. The van der Waals surface area contributed by atoms with Gasteiger partial charge in [0, 0.05) is 11.5 Å². The lowest BCUT2D eigenvalue weighted by Crippen LogP contribution is -2.46. The van der Waals surface area contributed by atoms with Crippen LogP contribution in [0, 0.1) is 17.3 Å². The average molecular weight is 211 g/mol. The van der Waals surface area contributed by atoms with Crippen LogP contribution < -0.4 is 5.32 Å². The van der Waals surface area contributed by atoms with Crippen molar-refractivity contribution in [3.8, 4) is 0 Å². The van der Waals surface area contributed by atoms with E-state index in [1.54, 1.807) is 0 Å². The molecule has 2 atom stereocenters. The highest BCUT2D eigenvalue weighted by Crippen LogP contribution is 2.38. The summed E-state index contributed by atoms with van der Waals surface area (Å²) in [5, 5.41) is 3.17. The molecule has 2 nitrogen and oxygen atoms in total. The Balaban J connectivity index is 2.45. The van der Waals surface area contributed by atoms with Crippen LogP contribution in [-0.2, 0) is 4.79 Å². The molecule has 1 aliphatic carbocycles. The molecule has 1 fully saturated rings. The molecule has 88 valence electrons. The number of hydrogen-bond acceptors (Lipinski definition) is 1. The van der Waals surface area contributed by atoms with E-state index in [4.69, 9.17) is 0 Å². The molecule has 1 N–H and O–H groups in total. The molecule has 0 aromatic rings. The molecule has 0 saturated heterocycles. The molecule has 0 aliphatic heterocycles. The van der Waals surface area contributed by atoms with E-state index < -0.39 is 0 Å². The van der Waals surface area contributed by atoms with Crippen LogP contribution in [0.5, 0.6) is 0 Å². The number of carbonyl (C=O) groups excluding carboxylic acids is 1. The van der Waals surface area contributed by atoms with Crippen molar-refractivity contribution in [2.45, 2.75) is 59.9 Å². The highest BCUT2D eigenvalue weighted by Gasteiger charge is 2.41. The normalized spacial score (nSPS) is 26.3. The van der Waals surface area contributed by atoms with E-state index in [0.717, 1.165) is 12.8 Å². The molecular formula is C13H25NO. The lowest BCUT2D eigenvalue weighted by atomic mass is 9.81. The highest BCUT2D eigenvalue weighted by atomic mass is 16.2. The topological polar surface area (TPSA) is 29.1 Å². The van der Waals surface area contributed by atoms with Crippen molar-refractivity contribution in [3.63, 3.8) is 0 Å². The van der Waals surface area contributed by atoms with Gasteiger partial charge in [-0.15, -0.1) is 0 Å². The van der Waals surface area contributed by atoms with Crippen LogP contribution in [-0.4, -0.2) is 11.4 Å². The summed E-state index contributed by atoms with van der Waals surface area (Å²) in [6.45, 7) is 13.0. The Kier molecular flexibility index (Phi) is 3.18. The van der Waals surface area contributed by atoms with Gasteiger partial charge in [-0.05, 0) is 38.0 Å². The maximum Gasteiger partial charge on any atom is 0.223 e. The van der Waals surface area contributed by atoms with Crippen LogP contribution in [0.25, 0.3) is 0 Å². The smallest absolute Gasteiger partial charge is 0.223 e. The van der Waals surface area contributed by atoms with E-state index >= 15 is 0 Å². The Morgan fingerprint density at radius 3 is 2.07 bits per heavy atom. The van der Waals surface area contributed by atoms with Gasteiger partial charge in [-0.2, -0.15) is 0 Å². The molecule has 2 heteroatoms. The van der Waals surface area contributed by atoms with Gasteiger partial charge in [0.1, 0.15) is 0 Å². The maximum atomic E-state index is 11.8. The fourth-order valence-electron chi connectivity index (χ4n) is 2.48. The Morgan fingerprint density at radius 2 is 1.73 bits per heavy atom. The van der Waals surface area contributed by atoms with E-state index in [9.17, 15) is 4.79 Å². The molecule has 2 unspecified atom stereocenters. The first-order valence-corrected chi connectivity index (χ1v) is 5.93. The highest BCUT2D eigenvalue weighted by molar-refractivity contribution is 5.82. The molecular weight excluding hydrogens is 186 g/mol. The van der Waals surface area contributed by atoms with Gasteiger partial charge in [-0.1, -0.05) is 27.7 Å². The van der Waals surface area contributed by atoms with Crippen LogP contribution in [0.15, 0.2) is 0 Å². The molecule has 1 saturated carbocycles. The summed E-state index contributed by atoms with van der Waals surface area (Å²) in [6, 6.07) is 0. The van der Waals surface area contributed by atoms with Gasteiger partial charge < -0.3 is 5.32 Å². The van der Waals surface area contributed by atoms with Crippen molar-refractivity contribution in [1.29, 1.82) is 0 Å². The molecule has 0 aromatic heterocycles. The quantitative estimate of drug-likeness (QED) is 0.764. The molecule has 0 radical (unpaired) electrons. The predicted molar refractivity (Wildman–Crippen MR) is 63.6 cm³/mol. The number of hydrogen-bond donors (Lipinski definition) is 1. The van der Waals surface area contributed by atoms with E-state index in [-0.39, 0.29) is 22.8 Å². The third kappa shape index (κ3) is 4.23. The van der Waals surface area contributed by atoms with Crippen molar-refractivity contribution >= 4 is 5.91 Å². The van der Waals surface area contributed by atoms with Gasteiger partial charge in [0.15, 0.2) is 0 Å². The van der Waals surface area contributed by atoms with Crippen LogP contribution in [0.3, 0.4) is 0 Å².